The molecule has 0 N–H and O–H groups in total. The molecule has 0 atom stereocenters. The van der Waals surface area contributed by atoms with Gasteiger partial charge in [-0.05, 0) is 29.8 Å². The maximum atomic E-state index is 13.8. The van der Waals surface area contributed by atoms with Crippen LogP contribution >= 0.6 is 0 Å². The Kier molecular flexibility index (Phi) is 4.23. The van der Waals surface area contributed by atoms with Gasteiger partial charge in [0.25, 0.3) is 0 Å². The van der Waals surface area contributed by atoms with Crippen molar-refractivity contribution < 1.29 is 18.7 Å². The molecular formula is C22H15FO3. The number of Topliss-reactive ketones (excluding diaryl/α,β-unsaturated/α-hetero) is 1. The summed E-state index contributed by atoms with van der Waals surface area (Å²) >= 11 is 0. The topological polar surface area (TPSA) is 35.5 Å². The van der Waals surface area contributed by atoms with E-state index in [1.807, 2.05) is 30.3 Å². The molecule has 0 bridgehead atoms. The van der Waals surface area contributed by atoms with Gasteiger partial charge in [-0.3, -0.25) is 4.79 Å². The van der Waals surface area contributed by atoms with Crippen LogP contribution in [0.5, 0.6) is 11.5 Å². The molecule has 0 amide bonds. The Hall–Kier alpha value is -3.40. The van der Waals surface area contributed by atoms with Gasteiger partial charge in [-0.25, -0.2) is 4.39 Å². The van der Waals surface area contributed by atoms with Gasteiger partial charge in [0, 0.05) is 11.6 Å². The highest BCUT2D eigenvalue weighted by Gasteiger charge is 2.28. The number of halogens is 1. The van der Waals surface area contributed by atoms with Crippen LogP contribution in [0.1, 0.15) is 21.5 Å². The Balaban J connectivity index is 1.54. The van der Waals surface area contributed by atoms with E-state index in [4.69, 9.17) is 9.47 Å². The number of ketones is 1. The summed E-state index contributed by atoms with van der Waals surface area (Å²) < 4.78 is 25.2. The molecule has 128 valence electrons. The number of fused-ring (bicyclic) bond motifs is 1. The van der Waals surface area contributed by atoms with Gasteiger partial charge in [-0.2, -0.15) is 0 Å². The molecule has 1 aliphatic rings. The van der Waals surface area contributed by atoms with Crippen molar-refractivity contribution in [2.45, 2.75) is 6.61 Å². The zero-order chi connectivity index (χ0) is 17.9. The summed E-state index contributed by atoms with van der Waals surface area (Å²) in [5.74, 6) is 0.457. The SMILES string of the molecule is O=C1/C(=C/c2ccccc2F)Oc2cc(OCc3ccccc3)ccc21. The number of carbonyl (C=O) groups is 1. The Morgan fingerprint density at radius 2 is 1.73 bits per heavy atom. The first-order valence-electron chi connectivity index (χ1n) is 8.20. The van der Waals surface area contributed by atoms with E-state index in [-0.39, 0.29) is 11.5 Å². The lowest BCUT2D eigenvalue weighted by molar-refractivity contribution is 0.101. The quantitative estimate of drug-likeness (QED) is 0.622. The van der Waals surface area contributed by atoms with E-state index >= 15 is 0 Å². The summed E-state index contributed by atoms with van der Waals surface area (Å²) in [7, 11) is 0. The standard InChI is InChI=1S/C22H15FO3/c23-19-9-5-4-8-16(19)12-21-22(24)18-11-10-17(13-20(18)26-21)25-14-15-6-2-1-3-7-15/h1-13H,14H2/b21-12-. The molecule has 0 saturated carbocycles. The molecule has 4 rings (SSSR count). The molecule has 1 heterocycles. The maximum Gasteiger partial charge on any atom is 0.231 e. The van der Waals surface area contributed by atoms with Crippen molar-refractivity contribution in [1.29, 1.82) is 0 Å². The average molecular weight is 346 g/mol. The summed E-state index contributed by atoms with van der Waals surface area (Å²) in [4.78, 5) is 12.4. The van der Waals surface area contributed by atoms with Gasteiger partial charge in [-0.15, -0.1) is 0 Å². The minimum absolute atomic E-state index is 0.102. The van der Waals surface area contributed by atoms with Gasteiger partial charge in [0.1, 0.15) is 23.9 Å². The molecule has 3 nitrogen and oxygen atoms in total. The van der Waals surface area contributed by atoms with Gasteiger partial charge >= 0.3 is 0 Å². The van der Waals surface area contributed by atoms with Crippen molar-refractivity contribution >= 4 is 11.9 Å². The van der Waals surface area contributed by atoms with Gasteiger partial charge in [-0.1, -0.05) is 48.5 Å². The molecule has 0 aromatic heterocycles. The highest BCUT2D eigenvalue weighted by atomic mass is 19.1. The van der Waals surface area contributed by atoms with Gasteiger partial charge in [0.15, 0.2) is 5.76 Å². The fourth-order valence-electron chi connectivity index (χ4n) is 2.73. The molecule has 3 aromatic carbocycles. The molecule has 0 saturated heterocycles. The van der Waals surface area contributed by atoms with E-state index in [2.05, 4.69) is 0 Å². The maximum absolute atomic E-state index is 13.8. The third-order valence-electron chi connectivity index (χ3n) is 4.08. The summed E-state index contributed by atoms with van der Waals surface area (Å²) in [6.07, 6.45) is 1.42. The van der Waals surface area contributed by atoms with E-state index in [0.29, 0.717) is 29.2 Å². The summed E-state index contributed by atoms with van der Waals surface area (Å²) in [5.41, 5.74) is 1.80. The van der Waals surface area contributed by atoms with Crippen LogP contribution < -0.4 is 9.47 Å². The normalized spacial score (nSPS) is 14.2. The molecule has 0 fully saturated rings. The number of rotatable bonds is 4. The van der Waals surface area contributed by atoms with Crippen LogP contribution in [-0.4, -0.2) is 5.78 Å². The predicted octanol–water partition coefficient (Wildman–Crippen LogP) is 5.02. The zero-order valence-electron chi connectivity index (χ0n) is 13.8. The fraction of sp³-hybridized carbons (Fsp3) is 0.0455. The Bertz CT molecular complexity index is 993. The fourth-order valence-corrected chi connectivity index (χ4v) is 2.73. The van der Waals surface area contributed by atoms with Gasteiger partial charge < -0.3 is 9.47 Å². The van der Waals surface area contributed by atoms with Crippen molar-refractivity contribution in [3.05, 3.63) is 101 Å². The van der Waals surface area contributed by atoms with Crippen LogP contribution in [0, 0.1) is 5.82 Å². The minimum atomic E-state index is -0.403. The number of benzene rings is 3. The largest absolute Gasteiger partial charge is 0.489 e. The zero-order valence-corrected chi connectivity index (χ0v) is 13.8. The highest BCUT2D eigenvalue weighted by molar-refractivity contribution is 6.14. The first-order chi connectivity index (χ1) is 12.7. The molecule has 0 aliphatic carbocycles. The number of allylic oxidation sites excluding steroid dienone is 1. The number of ether oxygens (including phenoxy) is 2. The van der Waals surface area contributed by atoms with Crippen molar-refractivity contribution in [2.24, 2.45) is 0 Å². The number of carbonyl (C=O) groups excluding carboxylic acids is 1. The van der Waals surface area contributed by atoms with Crippen LogP contribution in [0.25, 0.3) is 6.08 Å². The smallest absolute Gasteiger partial charge is 0.231 e. The van der Waals surface area contributed by atoms with Crippen LogP contribution in [0.2, 0.25) is 0 Å². The summed E-state index contributed by atoms with van der Waals surface area (Å²) in [5, 5.41) is 0. The van der Waals surface area contributed by atoms with Gasteiger partial charge in [0.05, 0.1) is 5.56 Å². The lowest BCUT2D eigenvalue weighted by Crippen LogP contribution is -1.98. The second-order valence-electron chi connectivity index (χ2n) is 5.89. The van der Waals surface area contributed by atoms with Crippen LogP contribution in [0.3, 0.4) is 0 Å². The van der Waals surface area contributed by atoms with E-state index < -0.39 is 5.82 Å². The van der Waals surface area contributed by atoms with E-state index in [0.717, 1.165) is 5.56 Å². The van der Waals surface area contributed by atoms with E-state index in [9.17, 15) is 9.18 Å². The van der Waals surface area contributed by atoms with Crippen molar-refractivity contribution in [3.63, 3.8) is 0 Å². The molecule has 4 heteroatoms. The number of hydrogen-bond donors (Lipinski definition) is 0. The van der Waals surface area contributed by atoms with Crippen molar-refractivity contribution in [2.75, 3.05) is 0 Å². The number of hydrogen-bond acceptors (Lipinski definition) is 3. The molecule has 0 spiro atoms. The van der Waals surface area contributed by atoms with E-state index in [1.54, 1.807) is 36.4 Å². The highest BCUT2D eigenvalue weighted by Crippen LogP contribution is 2.35. The lowest BCUT2D eigenvalue weighted by Gasteiger charge is -2.07. The minimum Gasteiger partial charge on any atom is -0.489 e. The van der Waals surface area contributed by atoms with Crippen molar-refractivity contribution in [3.8, 4) is 11.5 Å². The molecule has 0 radical (unpaired) electrons. The Morgan fingerprint density at radius 3 is 2.54 bits per heavy atom. The van der Waals surface area contributed by atoms with Gasteiger partial charge in [0.2, 0.25) is 5.78 Å². The lowest BCUT2D eigenvalue weighted by atomic mass is 10.1. The molecule has 3 aromatic rings. The third-order valence-corrected chi connectivity index (χ3v) is 4.08. The Labute approximate surface area is 150 Å². The second kappa shape index (κ2) is 6.84. The summed E-state index contributed by atoms with van der Waals surface area (Å²) in [6.45, 7) is 0.422. The monoisotopic (exact) mass is 346 g/mol. The van der Waals surface area contributed by atoms with Crippen molar-refractivity contribution in [1.82, 2.24) is 0 Å². The molecule has 26 heavy (non-hydrogen) atoms. The van der Waals surface area contributed by atoms with Crippen LogP contribution in [0.15, 0.2) is 78.6 Å². The molecule has 1 aliphatic heterocycles. The second-order valence-corrected chi connectivity index (χ2v) is 5.89. The summed E-state index contributed by atoms with van der Waals surface area (Å²) in [6, 6.07) is 21.1. The first-order valence-corrected chi connectivity index (χ1v) is 8.20. The average Bonchev–Trinajstić information content (AvgIpc) is 2.98. The van der Waals surface area contributed by atoms with Crippen LogP contribution in [0.4, 0.5) is 4.39 Å². The third kappa shape index (κ3) is 3.22. The first kappa shape index (κ1) is 16.1. The molecule has 0 unspecified atom stereocenters. The molecular weight excluding hydrogens is 331 g/mol. The van der Waals surface area contributed by atoms with Crippen LogP contribution in [-0.2, 0) is 6.61 Å². The predicted molar refractivity (Wildman–Crippen MR) is 96.6 cm³/mol. The Morgan fingerprint density at radius 1 is 0.962 bits per heavy atom. The van der Waals surface area contributed by atoms with E-state index in [1.165, 1.54) is 12.1 Å².